The molecule has 1 atom stereocenters. The molecule has 1 aliphatic rings. The molecular weight excluding hydrogens is 226 g/mol. The number of Topliss-reactive ketones (excluding diaryl/α,β-unsaturated/α-hetero) is 1. The summed E-state index contributed by atoms with van der Waals surface area (Å²) < 4.78 is 0. The zero-order chi connectivity index (χ0) is 12.8. The van der Waals surface area contributed by atoms with E-state index in [1.54, 1.807) is 0 Å². The molecule has 0 bridgehead atoms. The Bertz CT molecular complexity index is 414. The average molecular weight is 245 g/mol. The molecule has 0 radical (unpaired) electrons. The molecule has 0 saturated heterocycles. The van der Waals surface area contributed by atoms with Crippen LogP contribution in [0.4, 0.5) is 0 Å². The Hall–Kier alpha value is -1.64. The van der Waals surface area contributed by atoms with E-state index in [9.17, 15) is 9.59 Å². The molecular formula is C15H19NO2. The SMILES string of the molecule is O=C(CCCc1ccccc1)N[C@H]1CCCC1=O. The molecule has 1 N–H and O–H groups in total. The fraction of sp³-hybridized carbons (Fsp3) is 0.467. The number of amides is 1. The van der Waals surface area contributed by atoms with Gasteiger partial charge in [0.2, 0.25) is 5.91 Å². The van der Waals surface area contributed by atoms with Crippen LogP contribution in [0.25, 0.3) is 0 Å². The number of hydrogen-bond donors (Lipinski definition) is 1. The zero-order valence-corrected chi connectivity index (χ0v) is 10.5. The van der Waals surface area contributed by atoms with Crippen LogP contribution in [0.1, 0.15) is 37.7 Å². The van der Waals surface area contributed by atoms with E-state index in [1.807, 2.05) is 18.2 Å². The smallest absolute Gasteiger partial charge is 0.220 e. The van der Waals surface area contributed by atoms with Crippen molar-refractivity contribution in [3.63, 3.8) is 0 Å². The number of nitrogens with one attached hydrogen (secondary N) is 1. The second-order valence-electron chi connectivity index (χ2n) is 4.82. The van der Waals surface area contributed by atoms with Gasteiger partial charge in [-0.25, -0.2) is 0 Å². The van der Waals surface area contributed by atoms with Gasteiger partial charge in [0.1, 0.15) is 0 Å². The summed E-state index contributed by atoms with van der Waals surface area (Å²) in [6, 6.07) is 9.92. The molecule has 3 heteroatoms. The van der Waals surface area contributed by atoms with Crippen LogP contribution in [-0.4, -0.2) is 17.7 Å². The molecule has 0 aromatic heterocycles. The number of rotatable bonds is 5. The number of ketones is 1. The zero-order valence-electron chi connectivity index (χ0n) is 10.5. The molecule has 1 saturated carbocycles. The van der Waals surface area contributed by atoms with Gasteiger partial charge in [-0.1, -0.05) is 30.3 Å². The Morgan fingerprint density at radius 2 is 2.06 bits per heavy atom. The van der Waals surface area contributed by atoms with Crippen LogP contribution < -0.4 is 5.32 Å². The maximum Gasteiger partial charge on any atom is 0.220 e. The van der Waals surface area contributed by atoms with Crippen molar-refractivity contribution >= 4 is 11.7 Å². The van der Waals surface area contributed by atoms with E-state index in [0.29, 0.717) is 12.8 Å². The van der Waals surface area contributed by atoms with Gasteiger partial charge >= 0.3 is 0 Å². The van der Waals surface area contributed by atoms with Gasteiger partial charge in [0.05, 0.1) is 6.04 Å². The molecule has 1 aliphatic carbocycles. The van der Waals surface area contributed by atoms with Crippen LogP contribution in [-0.2, 0) is 16.0 Å². The van der Waals surface area contributed by atoms with Crippen molar-refractivity contribution in [2.45, 2.75) is 44.6 Å². The fourth-order valence-electron chi connectivity index (χ4n) is 2.33. The van der Waals surface area contributed by atoms with Crippen LogP contribution >= 0.6 is 0 Å². The van der Waals surface area contributed by atoms with Gasteiger partial charge in [-0.15, -0.1) is 0 Å². The maximum absolute atomic E-state index is 11.7. The highest BCUT2D eigenvalue weighted by Gasteiger charge is 2.25. The summed E-state index contributed by atoms with van der Waals surface area (Å²) in [4.78, 5) is 23.1. The van der Waals surface area contributed by atoms with Gasteiger partial charge < -0.3 is 5.32 Å². The van der Waals surface area contributed by atoms with Crippen LogP contribution in [0.15, 0.2) is 30.3 Å². The first-order valence-electron chi connectivity index (χ1n) is 6.62. The minimum Gasteiger partial charge on any atom is -0.346 e. The van der Waals surface area contributed by atoms with Crippen molar-refractivity contribution in [3.8, 4) is 0 Å². The molecule has 1 amide bonds. The predicted octanol–water partition coefficient (Wildman–Crippen LogP) is 2.25. The summed E-state index contributed by atoms with van der Waals surface area (Å²) in [6.07, 6.45) is 4.58. The molecule has 0 aliphatic heterocycles. The van der Waals surface area contributed by atoms with E-state index in [-0.39, 0.29) is 17.7 Å². The summed E-state index contributed by atoms with van der Waals surface area (Å²) >= 11 is 0. The standard InChI is InChI=1S/C15H19NO2/c17-14-10-5-9-13(14)16-15(18)11-4-8-12-6-2-1-3-7-12/h1-3,6-7,13H,4-5,8-11H2,(H,16,18)/t13-/m0/s1. The third-order valence-corrected chi connectivity index (χ3v) is 3.35. The molecule has 1 aromatic rings. The van der Waals surface area contributed by atoms with Gasteiger partial charge in [-0.3, -0.25) is 9.59 Å². The Balaban J connectivity index is 1.67. The summed E-state index contributed by atoms with van der Waals surface area (Å²) in [5.74, 6) is 0.192. The summed E-state index contributed by atoms with van der Waals surface area (Å²) in [5.41, 5.74) is 1.25. The molecule has 0 spiro atoms. The van der Waals surface area contributed by atoms with Crippen LogP contribution in [0.3, 0.4) is 0 Å². The summed E-state index contributed by atoms with van der Waals surface area (Å²) in [7, 11) is 0. The predicted molar refractivity (Wildman–Crippen MR) is 70.2 cm³/mol. The first-order valence-corrected chi connectivity index (χ1v) is 6.62. The lowest BCUT2D eigenvalue weighted by Crippen LogP contribution is -2.37. The summed E-state index contributed by atoms with van der Waals surface area (Å²) in [6.45, 7) is 0. The highest BCUT2D eigenvalue weighted by Crippen LogP contribution is 2.14. The Labute approximate surface area is 108 Å². The molecule has 3 nitrogen and oxygen atoms in total. The number of carbonyl (C=O) groups is 2. The van der Waals surface area contributed by atoms with Crippen molar-refractivity contribution in [3.05, 3.63) is 35.9 Å². The maximum atomic E-state index is 11.7. The minimum absolute atomic E-state index is 0.00572. The molecule has 18 heavy (non-hydrogen) atoms. The van der Waals surface area contributed by atoms with Gasteiger partial charge in [0, 0.05) is 12.8 Å². The van der Waals surface area contributed by atoms with Gasteiger partial charge in [0.25, 0.3) is 0 Å². The number of hydrogen-bond acceptors (Lipinski definition) is 2. The van der Waals surface area contributed by atoms with Gasteiger partial charge in [0.15, 0.2) is 5.78 Å². The second-order valence-corrected chi connectivity index (χ2v) is 4.82. The van der Waals surface area contributed by atoms with Crippen LogP contribution in [0.5, 0.6) is 0 Å². The molecule has 1 fully saturated rings. The molecule has 0 unspecified atom stereocenters. The summed E-state index contributed by atoms with van der Waals surface area (Å²) in [5, 5.41) is 2.83. The van der Waals surface area contributed by atoms with E-state index in [1.165, 1.54) is 5.56 Å². The lowest BCUT2D eigenvalue weighted by atomic mass is 10.1. The average Bonchev–Trinajstić information content (AvgIpc) is 2.76. The van der Waals surface area contributed by atoms with Gasteiger partial charge in [-0.05, 0) is 31.2 Å². The van der Waals surface area contributed by atoms with E-state index in [0.717, 1.165) is 25.7 Å². The van der Waals surface area contributed by atoms with Crippen LogP contribution in [0.2, 0.25) is 0 Å². The van der Waals surface area contributed by atoms with E-state index >= 15 is 0 Å². The Kier molecular flexibility index (Phi) is 4.51. The number of aryl methyl sites for hydroxylation is 1. The lowest BCUT2D eigenvalue weighted by Gasteiger charge is -2.10. The molecule has 1 aromatic carbocycles. The first kappa shape index (κ1) is 12.8. The largest absolute Gasteiger partial charge is 0.346 e. The lowest BCUT2D eigenvalue weighted by molar-refractivity contribution is -0.126. The molecule has 0 heterocycles. The van der Waals surface area contributed by atoms with Gasteiger partial charge in [-0.2, -0.15) is 0 Å². The normalized spacial score (nSPS) is 18.9. The van der Waals surface area contributed by atoms with E-state index < -0.39 is 0 Å². The quantitative estimate of drug-likeness (QED) is 0.864. The van der Waals surface area contributed by atoms with Crippen LogP contribution in [0, 0.1) is 0 Å². The third-order valence-electron chi connectivity index (χ3n) is 3.35. The number of benzene rings is 1. The van der Waals surface area contributed by atoms with E-state index in [2.05, 4.69) is 17.4 Å². The minimum atomic E-state index is -0.214. The second kappa shape index (κ2) is 6.34. The molecule has 2 rings (SSSR count). The highest BCUT2D eigenvalue weighted by molar-refractivity contribution is 5.90. The van der Waals surface area contributed by atoms with Crippen molar-refractivity contribution in [1.82, 2.24) is 5.32 Å². The van der Waals surface area contributed by atoms with Crippen molar-refractivity contribution in [2.75, 3.05) is 0 Å². The van der Waals surface area contributed by atoms with Crippen molar-refractivity contribution < 1.29 is 9.59 Å². The Morgan fingerprint density at radius 1 is 1.28 bits per heavy atom. The third kappa shape index (κ3) is 3.69. The topological polar surface area (TPSA) is 46.2 Å². The molecule has 96 valence electrons. The fourth-order valence-corrected chi connectivity index (χ4v) is 2.33. The van der Waals surface area contributed by atoms with Crippen molar-refractivity contribution in [1.29, 1.82) is 0 Å². The van der Waals surface area contributed by atoms with Crippen molar-refractivity contribution in [2.24, 2.45) is 0 Å². The number of carbonyl (C=O) groups excluding carboxylic acids is 2. The monoisotopic (exact) mass is 245 g/mol. The highest BCUT2D eigenvalue weighted by atomic mass is 16.2. The van der Waals surface area contributed by atoms with E-state index in [4.69, 9.17) is 0 Å². The first-order chi connectivity index (χ1) is 8.75. The Morgan fingerprint density at radius 3 is 2.72 bits per heavy atom.